The first-order valence-electron chi connectivity index (χ1n) is 8.68. The summed E-state index contributed by atoms with van der Waals surface area (Å²) in [7, 11) is 0. The van der Waals surface area contributed by atoms with Gasteiger partial charge >= 0.3 is 0 Å². The highest BCUT2D eigenvalue weighted by molar-refractivity contribution is 5.95. The van der Waals surface area contributed by atoms with E-state index in [-0.39, 0.29) is 28.6 Å². The van der Waals surface area contributed by atoms with Gasteiger partial charge in [0.1, 0.15) is 5.69 Å². The summed E-state index contributed by atoms with van der Waals surface area (Å²) in [6.07, 6.45) is 4.78. The summed E-state index contributed by atoms with van der Waals surface area (Å²) in [5, 5.41) is 3.49. The van der Waals surface area contributed by atoms with Crippen molar-refractivity contribution in [2.45, 2.75) is 32.7 Å². The van der Waals surface area contributed by atoms with Gasteiger partial charge in [0.2, 0.25) is 0 Å². The van der Waals surface area contributed by atoms with Crippen molar-refractivity contribution in [3.05, 3.63) is 70.0 Å². The molecule has 0 saturated heterocycles. The van der Waals surface area contributed by atoms with E-state index in [2.05, 4.69) is 46.2 Å². The predicted octanol–water partition coefficient (Wildman–Crippen LogP) is 2.76. The van der Waals surface area contributed by atoms with Crippen LogP contribution in [0.1, 0.15) is 47.9 Å². The van der Waals surface area contributed by atoms with E-state index < -0.39 is 0 Å². The molecule has 132 valence electrons. The molecule has 3 aromatic rings. The maximum Gasteiger partial charge on any atom is 0.270 e. The molecule has 6 nitrogen and oxygen atoms in total. The number of rotatable bonds is 2. The fourth-order valence-electron chi connectivity index (χ4n) is 3.64. The molecule has 6 heteroatoms. The number of H-pyrrole nitrogens is 1. The number of aryl methyl sites for hydroxylation is 1. The van der Waals surface area contributed by atoms with Gasteiger partial charge in [-0.3, -0.25) is 9.59 Å². The molecule has 2 aromatic heterocycles. The fourth-order valence-corrected chi connectivity index (χ4v) is 3.64. The van der Waals surface area contributed by atoms with Crippen LogP contribution in [0.3, 0.4) is 0 Å². The highest BCUT2D eigenvalue weighted by Gasteiger charge is 2.37. The van der Waals surface area contributed by atoms with Gasteiger partial charge in [0.05, 0.1) is 29.5 Å². The summed E-state index contributed by atoms with van der Waals surface area (Å²) < 4.78 is 0. The maximum atomic E-state index is 12.9. The predicted molar refractivity (Wildman–Crippen MR) is 98.9 cm³/mol. The number of carbonyl (C=O) groups excluding carboxylic acids is 1. The van der Waals surface area contributed by atoms with E-state index in [1.54, 1.807) is 0 Å². The van der Waals surface area contributed by atoms with Crippen LogP contribution in [0.25, 0.3) is 10.9 Å². The zero-order valence-corrected chi connectivity index (χ0v) is 14.7. The minimum absolute atomic E-state index is 0.0696. The summed E-state index contributed by atoms with van der Waals surface area (Å²) in [6.45, 7) is 4.33. The Morgan fingerprint density at radius 1 is 1.27 bits per heavy atom. The van der Waals surface area contributed by atoms with E-state index in [9.17, 15) is 9.59 Å². The number of nitrogens with one attached hydrogen (secondary N) is 2. The summed E-state index contributed by atoms with van der Waals surface area (Å²) in [5.74, 6) is -0.287. The van der Waals surface area contributed by atoms with Crippen molar-refractivity contribution < 1.29 is 4.79 Å². The molecule has 2 N–H and O–H groups in total. The number of hydrogen-bond donors (Lipinski definition) is 2. The van der Waals surface area contributed by atoms with E-state index in [1.807, 2.05) is 12.1 Å². The lowest BCUT2D eigenvalue weighted by atomic mass is 9.70. The summed E-state index contributed by atoms with van der Waals surface area (Å²) >= 11 is 0. The molecule has 1 aromatic carbocycles. The Hall–Kier alpha value is -3.02. The minimum Gasteiger partial charge on any atom is -0.343 e. The van der Waals surface area contributed by atoms with Crippen LogP contribution in [0.5, 0.6) is 0 Å². The largest absolute Gasteiger partial charge is 0.343 e. The molecule has 26 heavy (non-hydrogen) atoms. The second-order valence-corrected chi connectivity index (χ2v) is 7.41. The molecule has 1 aliphatic rings. The van der Waals surface area contributed by atoms with Gasteiger partial charge in [-0.2, -0.15) is 0 Å². The Morgan fingerprint density at radius 2 is 2.08 bits per heavy atom. The van der Waals surface area contributed by atoms with Crippen LogP contribution >= 0.6 is 0 Å². The van der Waals surface area contributed by atoms with Crippen LogP contribution in [-0.2, 0) is 6.42 Å². The Morgan fingerprint density at radius 3 is 2.92 bits per heavy atom. The lowest BCUT2D eigenvalue weighted by molar-refractivity contribution is 0.0876. The molecule has 0 spiro atoms. The third-order valence-electron chi connectivity index (χ3n) is 5.22. The van der Waals surface area contributed by atoms with Gasteiger partial charge in [-0.25, -0.2) is 9.97 Å². The van der Waals surface area contributed by atoms with Crippen molar-refractivity contribution in [1.82, 2.24) is 20.3 Å². The second kappa shape index (κ2) is 6.05. The number of fused-ring (bicyclic) bond motifs is 2. The van der Waals surface area contributed by atoms with Gasteiger partial charge in [0, 0.05) is 0 Å². The Bertz CT molecular complexity index is 1050. The number of nitrogens with zero attached hydrogens (tertiary/aromatic N) is 2. The van der Waals surface area contributed by atoms with E-state index in [1.165, 1.54) is 24.2 Å². The van der Waals surface area contributed by atoms with E-state index in [0.717, 1.165) is 18.4 Å². The molecule has 0 radical (unpaired) electrons. The van der Waals surface area contributed by atoms with Crippen LogP contribution in [0.15, 0.2) is 47.7 Å². The SMILES string of the molecule is CC1(C)CCc2ccccc2[C@H]1NC(=O)c1cc2c(=O)[nH]cnc2cn1. The number of benzene rings is 1. The van der Waals surface area contributed by atoms with Crippen molar-refractivity contribution in [1.29, 1.82) is 0 Å². The third-order valence-corrected chi connectivity index (χ3v) is 5.22. The van der Waals surface area contributed by atoms with Gasteiger partial charge < -0.3 is 10.3 Å². The van der Waals surface area contributed by atoms with E-state index >= 15 is 0 Å². The molecule has 0 saturated carbocycles. The molecule has 0 bridgehead atoms. The van der Waals surface area contributed by atoms with E-state index in [0.29, 0.717) is 10.9 Å². The molecule has 1 atom stereocenters. The quantitative estimate of drug-likeness (QED) is 0.745. The first-order valence-corrected chi connectivity index (χ1v) is 8.68. The average Bonchev–Trinajstić information content (AvgIpc) is 2.64. The van der Waals surface area contributed by atoms with Crippen molar-refractivity contribution in [3.8, 4) is 0 Å². The molecule has 4 rings (SSSR count). The summed E-state index contributed by atoms with van der Waals surface area (Å²) in [6, 6.07) is 9.61. The van der Waals surface area contributed by atoms with Gasteiger partial charge in [-0.1, -0.05) is 38.1 Å². The molecule has 1 amide bonds. The lowest BCUT2D eigenvalue weighted by Gasteiger charge is -2.40. The molecule has 2 heterocycles. The van der Waals surface area contributed by atoms with Gasteiger partial charge in [0.25, 0.3) is 11.5 Å². The van der Waals surface area contributed by atoms with Crippen molar-refractivity contribution >= 4 is 16.8 Å². The standard InChI is InChI=1S/C20H20N4O2/c1-20(2)8-7-12-5-3-4-6-13(12)17(20)24-19(26)15-9-14-16(10-21-15)22-11-23-18(14)25/h3-6,9-11,17H,7-8H2,1-2H3,(H,24,26)(H,22,23,25)/t17-/m1/s1. The van der Waals surface area contributed by atoms with Crippen LogP contribution in [0.4, 0.5) is 0 Å². The van der Waals surface area contributed by atoms with E-state index in [4.69, 9.17) is 0 Å². The van der Waals surface area contributed by atoms with Crippen molar-refractivity contribution in [3.63, 3.8) is 0 Å². The van der Waals surface area contributed by atoms with Crippen LogP contribution in [0, 0.1) is 5.41 Å². The summed E-state index contributed by atoms with van der Waals surface area (Å²) in [5.41, 5.74) is 2.75. The molecule has 0 fully saturated rings. The third kappa shape index (κ3) is 2.77. The number of pyridine rings is 1. The Labute approximate surface area is 150 Å². The number of aromatic nitrogens is 3. The van der Waals surface area contributed by atoms with Gasteiger partial charge in [0.15, 0.2) is 0 Å². The Kier molecular flexibility index (Phi) is 3.83. The first kappa shape index (κ1) is 16.4. The fraction of sp³-hybridized carbons (Fsp3) is 0.300. The molecule has 1 aliphatic carbocycles. The molecular formula is C20H20N4O2. The number of carbonyl (C=O) groups is 1. The Balaban J connectivity index is 1.70. The molecule has 0 aliphatic heterocycles. The summed E-state index contributed by atoms with van der Waals surface area (Å²) in [4.78, 5) is 35.6. The zero-order chi connectivity index (χ0) is 18.3. The molecular weight excluding hydrogens is 328 g/mol. The lowest BCUT2D eigenvalue weighted by Crippen LogP contribution is -2.41. The van der Waals surface area contributed by atoms with Crippen LogP contribution in [-0.4, -0.2) is 20.9 Å². The van der Waals surface area contributed by atoms with Gasteiger partial charge in [-0.05, 0) is 35.4 Å². The monoisotopic (exact) mass is 348 g/mol. The normalized spacial score (nSPS) is 18.3. The van der Waals surface area contributed by atoms with Gasteiger partial charge in [-0.15, -0.1) is 0 Å². The first-order chi connectivity index (χ1) is 12.5. The highest BCUT2D eigenvalue weighted by atomic mass is 16.2. The minimum atomic E-state index is -0.287. The highest BCUT2D eigenvalue weighted by Crippen LogP contribution is 2.43. The zero-order valence-electron chi connectivity index (χ0n) is 14.7. The number of amides is 1. The molecule has 0 unspecified atom stereocenters. The van der Waals surface area contributed by atoms with Crippen LogP contribution in [0.2, 0.25) is 0 Å². The topological polar surface area (TPSA) is 87.7 Å². The van der Waals surface area contributed by atoms with Crippen molar-refractivity contribution in [2.75, 3.05) is 0 Å². The second-order valence-electron chi connectivity index (χ2n) is 7.41. The maximum absolute atomic E-state index is 12.9. The van der Waals surface area contributed by atoms with Crippen LogP contribution < -0.4 is 10.9 Å². The smallest absolute Gasteiger partial charge is 0.270 e. The number of aromatic amines is 1. The van der Waals surface area contributed by atoms with Crippen molar-refractivity contribution in [2.24, 2.45) is 5.41 Å². The number of hydrogen-bond acceptors (Lipinski definition) is 4. The average molecular weight is 348 g/mol.